The van der Waals surface area contributed by atoms with Crippen molar-refractivity contribution in [1.29, 1.82) is 0 Å². The topological polar surface area (TPSA) is 41.5 Å². The second kappa shape index (κ2) is 4.49. The van der Waals surface area contributed by atoms with Gasteiger partial charge in [0.1, 0.15) is 11.9 Å². The first-order valence-electron chi connectivity index (χ1n) is 4.81. The molecule has 1 aliphatic heterocycles. The number of carbonyl (C=O) groups excluding carboxylic acids is 1. The Kier molecular flexibility index (Phi) is 3.06. The molecule has 0 spiro atoms. The Bertz CT molecular complexity index is 389. The Hall–Kier alpha value is -1.29. The van der Waals surface area contributed by atoms with Crippen LogP contribution in [0.15, 0.2) is 40.2 Å². The van der Waals surface area contributed by atoms with Gasteiger partial charge >= 0.3 is 0 Å². The lowest BCUT2D eigenvalue weighted by atomic mass is 10.4. The minimum atomic E-state index is -0.226. The van der Waals surface area contributed by atoms with E-state index in [1.165, 1.54) is 4.90 Å². The van der Waals surface area contributed by atoms with E-state index in [0.29, 0.717) is 0 Å². The fourth-order valence-electron chi connectivity index (χ4n) is 1.31. The molecule has 1 aromatic rings. The minimum Gasteiger partial charge on any atom is -0.312 e. The van der Waals surface area contributed by atoms with Gasteiger partial charge in [-0.25, -0.2) is 0 Å². The SMILES string of the molecule is CC1N=C(CSc2ccccc2)NC1=O. The molecular formula is C11H12N2OS. The van der Waals surface area contributed by atoms with Crippen molar-refractivity contribution in [3.05, 3.63) is 30.3 Å². The molecule has 15 heavy (non-hydrogen) atoms. The summed E-state index contributed by atoms with van der Waals surface area (Å²) in [6.07, 6.45) is 0. The number of amides is 1. The molecule has 1 aliphatic rings. The number of amidine groups is 1. The maximum Gasteiger partial charge on any atom is 0.249 e. The summed E-state index contributed by atoms with van der Waals surface area (Å²) < 4.78 is 0. The van der Waals surface area contributed by atoms with Gasteiger partial charge in [0, 0.05) is 4.90 Å². The normalized spacial score (nSPS) is 19.9. The van der Waals surface area contributed by atoms with Crippen LogP contribution in [0.1, 0.15) is 6.92 Å². The molecule has 2 rings (SSSR count). The van der Waals surface area contributed by atoms with E-state index in [-0.39, 0.29) is 11.9 Å². The third kappa shape index (κ3) is 2.59. The summed E-state index contributed by atoms with van der Waals surface area (Å²) in [4.78, 5) is 16.6. The first-order chi connectivity index (χ1) is 7.25. The minimum absolute atomic E-state index is 0.00124. The maximum absolute atomic E-state index is 11.2. The Labute approximate surface area is 93.0 Å². The summed E-state index contributed by atoms with van der Waals surface area (Å²) in [6, 6.07) is 9.86. The molecule has 0 aromatic heterocycles. The fraction of sp³-hybridized carbons (Fsp3) is 0.273. The molecule has 0 fully saturated rings. The zero-order chi connectivity index (χ0) is 10.7. The molecule has 4 heteroatoms. The molecule has 1 amide bonds. The van der Waals surface area contributed by atoms with Gasteiger partial charge in [-0.2, -0.15) is 0 Å². The molecule has 0 radical (unpaired) electrons. The van der Waals surface area contributed by atoms with Crippen molar-refractivity contribution in [3.63, 3.8) is 0 Å². The van der Waals surface area contributed by atoms with Gasteiger partial charge in [-0.3, -0.25) is 9.79 Å². The number of thioether (sulfide) groups is 1. The zero-order valence-electron chi connectivity index (χ0n) is 8.43. The predicted molar refractivity (Wildman–Crippen MR) is 62.2 cm³/mol. The molecule has 1 N–H and O–H groups in total. The molecular weight excluding hydrogens is 208 g/mol. The van der Waals surface area contributed by atoms with Crippen LogP contribution in [0.2, 0.25) is 0 Å². The van der Waals surface area contributed by atoms with Crippen molar-refractivity contribution in [1.82, 2.24) is 5.32 Å². The largest absolute Gasteiger partial charge is 0.312 e. The molecule has 0 saturated heterocycles. The Morgan fingerprint density at radius 3 is 2.73 bits per heavy atom. The second-order valence-electron chi connectivity index (χ2n) is 3.34. The van der Waals surface area contributed by atoms with E-state index in [0.717, 1.165) is 11.6 Å². The molecule has 1 unspecified atom stereocenters. The number of carbonyl (C=O) groups is 1. The Morgan fingerprint density at radius 1 is 1.40 bits per heavy atom. The van der Waals surface area contributed by atoms with E-state index in [2.05, 4.69) is 10.3 Å². The zero-order valence-corrected chi connectivity index (χ0v) is 9.25. The van der Waals surface area contributed by atoms with Gasteiger partial charge in [-0.15, -0.1) is 11.8 Å². The van der Waals surface area contributed by atoms with E-state index < -0.39 is 0 Å². The summed E-state index contributed by atoms with van der Waals surface area (Å²) in [5, 5.41) is 2.76. The van der Waals surface area contributed by atoms with Gasteiger partial charge in [0.05, 0.1) is 5.75 Å². The van der Waals surface area contributed by atoms with Gasteiger partial charge < -0.3 is 5.32 Å². The summed E-state index contributed by atoms with van der Waals surface area (Å²) in [6.45, 7) is 1.80. The molecule has 1 aromatic carbocycles. The average Bonchev–Trinajstić information content (AvgIpc) is 2.57. The molecule has 3 nitrogen and oxygen atoms in total. The highest BCUT2D eigenvalue weighted by Crippen LogP contribution is 2.17. The van der Waals surface area contributed by atoms with E-state index >= 15 is 0 Å². The number of aliphatic imine (C=N–C) groups is 1. The van der Waals surface area contributed by atoms with Gasteiger partial charge in [0.2, 0.25) is 5.91 Å². The quantitative estimate of drug-likeness (QED) is 0.788. The van der Waals surface area contributed by atoms with Crippen LogP contribution in [-0.2, 0) is 4.79 Å². The average molecular weight is 220 g/mol. The van der Waals surface area contributed by atoms with Gasteiger partial charge in [-0.1, -0.05) is 18.2 Å². The third-order valence-corrected chi connectivity index (χ3v) is 3.14. The fourth-order valence-corrected chi connectivity index (χ4v) is 2.11. The van der Waals surface area contributed by atoms with Crippen LogP contribution in [0, 0.1) is 0 Å². The van der Waals surface area contributed by atoms with Crippen LogP contribution in [0.5, 0.6) is 0 Å². The van der Waals surface area contributed by atoms with Gasteiger partial charge in [-0.05, 0) is 19.1 Å². The number of rotatable bonds is 3. The summed E-state index contributed by atoms with van der Waals surface area (Å²) in [5.41, 5.74) is 0. The highest BCUT2D eigenvalue weighted by atomic mass is 32.2. The van der Waals surface area contributed by atoms with Crippen LogP contribution in [0.3, 0.4) is 0 Å². The molecule has 1 atom stereocenters. The lowest BCUT2D eigenvalue weighted by Gasteiger charge is -2.00. The molecule has 0 saturated carbocycles. The number of benzene rings is 1. The summed E-state index contributed by atoms with van der Waals surface area (Å²) in [7, 11) is 0. The van der Waals surface area contributed by atoms with E-state index in [9.17, 15) is 4.79 Å². The Balaban J connectivity index is 1.90. The van der Waals surface area contributed by atoms with Crippen LogP contribution >= 0.6 is 11.8 Å². The predicted octanol–water partition coefficient (Wildman–Crippen LogP) is 1.70. The van der Waals surface area contributed by atoms with Crippen LogP contribution in [0.25, 0.3) is 0 Å². The molecule has 0 aliphatic carbocycles. The lowest BCUT2D eigenvalue weighted by molar-refractivity contribution is -0.119. The van der Waals surface area contributed by atoms with Crippen LogP contribution in [0.4, 0.5) is 0 Å². The third-order valence-electron chi connectivity index (χ3n) is 2.12. The maximum atomic E-state index is 11.2. The summed E-state index contributed by atoms with van der Waals surface area (Å²) in [5.74, 6) is 1.50. The van der Waals surface area contributed by atoms with Crippen molar-refractivity contribution in [3.8, 4) is 0 Å². The second-order valence-corrected chi connectivity index (χ2v) is 4.39. The van der Waals surface area contributed by atoms with Crippen molar-refractivity contribution in [2.24, 2.45) is 4.99 Å². The number of hydrogen-bond donors (Lipinski definition) is 1. The first kappa shape index (κ1) is 10.2. The van der Waals surface area contributed by atoms with Crippen molar-refractivity contribution >= 4 is 23.5 Å². The van der Waals surface area contributed by atoms with Gasteiger partial charge in [0.15, 0.2) is 0 Å². The molecule has 78 valence electrons. The van der Waals surface area contributed by atoms with Crippen LogP contribution in [-0.4, -0.2) is 23.5 Å². The van der Waals surface area contributed by atoms with Gasteiger partial charge in [0.25, 0.3) is 0 Å². The van der Waals surface area contributed by atoms with Crippen molar-refractivity contribution in [2.75, 3.05) is 5.75 Å². The number of hydrogen-bond acceptors (Lipinski definition) is 3. The molecule has 1 heterocycles. The van der Waals surface area contributed by atoms with Crippen molar-refractivity contribution in [2.45, 2.75) is 17.9 Å². The smallest absolute Gasteiger partial charge is 0.249 e. The van der Waals surface area contributed by atoms with E-state index in [1.807, 2.05) is 30.3 Å². The standard InChI is InChI=1S/C11H12N2OS/c1-8-11(14)13-10(12-8)7-15-9-5-3-2-4-6-9/h2-6,8H,7H2,1H3,(H,12,13,14). The van der Waals surface area contributed by atoms with E-state index in [1.54, 1.807) is 18.7 Å². The van der Waals surface area contributed by atoms with E-state index in [4.69, 9.17) is 0 Å². The molecule has 0 bridgehead atoms. The monoisotopic (exact) mass is 220 g/mol. The van der Waals surface area contributed by atoms with Crippen LogP contribution < -0.4 is 5.32 Å². The first-order valence-corrected chi connectivity index (χ1v) is 5.79. The highest BCUT2D eigenvalue weighted by Gasteiger charge is 2.21. The number of nitrogens with one attached hydrogen (secondary N) is 1. The summed E-state index contributed by atoms with van der Waals surface area (Å²) >= 11 is 1.68. The lowest BCUT2D eigenvalue weighted by Crippen LogP contribution is -2.28. The van der Waals surface area contributed by atoms with Crippen molar-refractivity contribution < 1.29 is 4.79 Å². The Morgan fingerprint density at radius 2 is 2.13 bits per heavy atom. The highest BCUT2D eigenvalue weighted by molar-refractivity contribution is 8.00. The number of nitrogens with zero attached hydrogens (tertiary/aromatic N) is 1.